The molecule has 0 aromatic heterocycles. The van der Waals surface area contributed by atoms with Crippen molar-refractivity contribution in [1.29, 1.82) is 0 Å². The minimum absolute atomic E-state index is 0.623. The summed E-state index contributed by atoms with van der Waals surface area (Å²) in [6.07, 6.45) is -0.00815. The van der Waals surface area contributed by atoms with Gasteiger partial charge in [0.25, 0.3) is 5.95 Å². The van der Waals surface area contributed by atoms with Gasteiger partial charge in [0.15, 0.2) is 0 Å². The van der Waals surface area contributed by atoms with Crippen LogP contribution in [0.15, 0.2) is 42.4 Å². The largest absolute Gasteiger partial charge is 0.481 e. The molecule has 0 amide bonds. The van der Waals surface area contributed by atoms with Gasteiger partial charge in [-0.3, -0.25) is 0 Å². The van der Waals surface area contributed by atoms with Crippen LogP contribution in [0.1, 0.15) is 11.7 Å². The zero-order chi connectivity index (χ0) is 8.97. The summed E-state index contributed by atoms with van der Waals surface area (Å²) in [5.74, 6) is -0.869. The second-order valence-electron chi connectivity index (χ2n) is 2.38. The predicted octanol–water partition coefficient (Wildman–Crippen LogP) is 1.68. The summed E-state index contributed by atoms with van der Waals surface area (Å²) in [6.45, 7) is 0. The van der Waals surface area contributed by atoms with Crippen molar-refractivity contribution in [2.75, 3.05) is 0 Å². The fourth-order valence-electron chi connectivity index (χ4n) is 0.888. The molecule has 1 unspecified atom stereocenters. The van der Waals surface area contributed by atoms with Crippen LogP contribution in [0, 0.1) is 0 Å². The highest BCUT2D eigenvalue weighted by molar-refractivity contribution is 5.20. The summed E-state index contributed by atoms with van der Waals surface area (Å²) in [5.41, 5.74) is 0.623. The third-order valence-corrected chi connectivity index (χ3v) is 1.45. The van der Waals surface area contributed by atoms with Crippen LogP contribution in [-0.4, -0.2) is 15.3 Å². The van der Waals surface area contributed by atoms with Crippen molar-refractivity contribution < 1.29 is 15.3 Å². The van der Waals surface area contributed by atoms with E-state index >= 15 is 0 Å². The van der Waals surface area contributed by atoms with Gasteiger partial charge in [0.1, 0.15) is 6.10 Å². The molecule has 1 atom stereocenters. The van der Waals surface area contributed by atoms with E-state index in [9.17, 15) is 5.11 Å². The molecule has 1 rings (SSSR count). The summed E-state index contributed by atoms with van der Waals surface area (Å²) in [7, 11) is 0. The van der Waals surface area contributed by atoms with E-state index in [1.807, 2.05) is 6.07 Å². The van der Waals surface area contributed by atoms with Crippen molar-refractivity contribution in [3.63, 3.8) is 0 Å². The van der Waals surface area contributed by atoms with Crippen LogP contribution in [0.3, 0.4) is 0 Å². The zero-order valence-electron chi connectivity index (χ0n) is 6.38. The molecule has 1 aromatic carbocycles. The Hall–Kier alpha value is -1.48. The van der Waals surface area contributed by atoms with Crippen LogP contribution >= 0.6 is 0 Å². The molecule has 3 N–H and O–H groups in total. The van der Waals surface area contributed by atoms with Gasteiger partial charge in [-0.1, -0.05) is 30.3 Å². The van der Waals surface area contributed by atoms with Gasteiger partial charge < -0.3 is 15.3 Å². The monoisotopic (exact) mass is 166 g/mol. The van der Waals surface area contributed by atoms with Crippen molar-refractivity contribution >= 4 is 0 Å². The lowest BCUT2D eigenvalue weighted by molar-refractivity contribution is 0.165. The predicted molar refractivity (Wildman–Crippen MR) is 44.7 cm³/mol. The number of aliphatic hydroxyl groups excluding tert-OH is 2. The van der Waals surface area contributed by atoms with E-state index < -0.39 is 12.0 Å². The summed E-state index contributed by atoms with van der Waals surface area (Å²) >= 11 is 0. The summed E-state index contributed by atoms with van der Waals surface area (Å²) < 4.78 is 0. The molecule has 0 fully saturated rings. The molecule has 3 heteroatoms. The summed E-state index contributed by atoms with van der Waals surface area (Å²) in [4.78, 5) is 0. The van der Waals surface area contributed by atoms with Crippen LogP contribution in [0.4, 0.5) is 0 Å². The van der Waals surface area contributed by atoms with Gasteiger partial charge in [0.05, 0.1) is 0 Å². The van der Waals surface area contributed by atoms with Crippen LogP contribution in [0.2, 0.25) is 0 Å². The van der Waals surface area contributed by atoms with E-state index in [0.29, 0.717) is 5.56 Å². The Kier molecular flexibility index (Phi) is 2.71. The minimum Gasteiger partial charge on any atom is -0.481 e. The number of hydrogen-bond acceptors (Lipinski definition) is 3. The van der Waals surface area contributed by atoms with Gasteiger partial charge in [0, 0.05) is 6.08 Å². The fraction of sp³-hybridized carbons (Fsp3) is 0.111. The molecule has 0 heterocycles. The van der Waals surface area contributed by atoms with Gasteiger partial charge in [0.2, 0.25) is 0 Å². The molecule has 1 aromatic rings. The number of benzene rings is 1. The molecule has 0 aliphatic carbocycles. The number of aliphatic hydroxyl groups is 3. The first-order chi connectivity index (χ1) is 5.70. The standard InChI is InChI=1S/C9H10O3/c10-8(6-9(11)12)7-4-2-1-3-5-7/h1-6,8,10-12H. The van der Waals surface area contributed by atoms with E-state index in [2.05, 4.69) is 0 Å². The maximum absolute atomic E-state index is 9.29. The van der Waals surface area contributed by atoms with Gasteiger partial charge in [-0.25, -0.2) is 0 Å². The van der Waals surface area contributed by atoms with Gasteiger partial charge in [-0.15, -0.1) is 0 Å². The van der Waals surface area contributed by atoms with Gasteiger partial charge in [-0.2, -0.15) is 0 Å². The van der Waals surface area contributed by atoms with Crippen LogP contribution in [-0.2, 0) is 0 Å². The molecule has 3 nitrogen and oxygen atoms in total. The Balaban J connectivity index is 2.79. The van der Waals surface area contributed by atoms with E-state index in [4.69, 9.17) is 10.2 Å². The molecule has 0 spiro atoms. The van der Waals surface area contributed by atoms with Crippen molar-refractivity contribution in [1.82, 2.24) is 0 Å². The maximum atomic E-state index is 9.29. The topological polar surface area (TPSA) is 60.7 Å². The average Bonchev–Trinajstić information content (AvgIpc) is 2.05. The summed E-state index contributed by atoms with van der Waals surface area (Å²) in [6, 6.07) is 8.74. The second kappa shape index (κ2) is 3.78. The molecular formula is C9H10O3. The van der Waals surface area contributed by atoms with Crippen LogP contribution < -0.4 is 0 Å². The SMILES string of the molecule is OC(O)=CC(O)c1ccccc1. The number of rotatable bonds is 2. The van der Waals surface area contributed by atoms with Crippen LogP contribution in [0.5, 0.6) is 0 Å². The molecule has 0 aliphatic heterocycles. The van der Waals surface area contributed by atoms with E-state index in [-0.39, 0.29) is 0 Å². The molecular weight excluding hydrogens is 156 g/mol. The zero-order valence-corrected chi connectivity index (χ0v) is 6.38. The molecule has 12 heavy (non-hydrogen) atoms. The minimum atomic E-state index is -0.962. The highest BCUT2D eigenvalue weighted by Crippen LogP contribution is 2.13. The molecule has 0 radical (unpaired) electrons. The van der Waals surface area contributed by atoms with E-state index in [0.717, 1.165) is 6.08 Å². The Morgan fingerprint density at radius 3 is 2.25 bits per heavy atom. The van der Waals surface area contributed by atoms with Crippen molar-refractivity contribution in [2.45, 2.75) is 6.10 Å². The maximum Gasteiger partial charge on any atom is 0.272 e. The third kappa shape index (κ3) is 2.29. The lowest BCUT2D eigenvalue weighted by Gasteiger charge is -2.03. The Bertz CT molecular complexity index is 262. The fourth-order valence-corrected chi connectivity index (χ4v) is 0.888. The van der Waals surface area contributed by atoms with E-state index in [1.54, 1.807) is 24.3 Å². The highest BCUT2D eigenvalue weighted by atomic mass is 16.5. The Morgan fingerprint density at radius 1 is 1.17 bits per heavy atom. The first-order valence-electron chi connectivity index (χ1n) is 3.53. The molecule has 64 valence electrons. The second-order valence-corrected chi connectivity index (χ2v) is 2.38. The van der Waals surface area contributed by atoms with E-state index in [1.165, 1.54) is 0 Å². The van der Waals surface area contributed by atoms with Crippen LogP contribution in [0.25, 0.3) is 0 Å². The van der Waals surface area contributed by atoms with Crippen molar-refractivity contribution in [2.24, 2.45) is 0 Å². The van der Waals surface area contributed by atoms with Gasteiger partial charge >= 0.3 is 0 Å². The molecule has 0 bridgehead atoms. The average molecular weight is 166 g/mol. The van der Waals surface area contributed by atoms with Gasteiger partial charge in [-0.05, 0) is 5.56 Å². The lowest BCUT2D eigenvalue weighted by atomic mass is 10.1. The molecule has 0 saturated heterocycles. The smallest absolute Gasteiger partial charge is 0.272 e. The Morgan fingerprint density at radius 2 is 1.75 bits per heavy atom. The van der Waals surface area contributed by atoms with Crippen molar-refractivity contribution in [3.8, 4) is 0 Å². The summed E-state index contributed by atoms with van der Waals surface area (Å²) in [5, 5.41) is 26.2. The van der Waals surface area contributed by atoms with Crippen molar-refractivity contribution in [3.05, 3.63) is 47.9 Å². The number of hydrogen-bond donors (Lipinski definition) is 3. The quantitative estimate of drug-likeness (QED) is 0.586. The molecule has 0 saturated carbocycles. The Labute approximate surface area is 70.2 Å². The highest BCUT2D eigenvalue weighted by Gasteiger charge is 2.03. The molecule has 0 aliphatic rings. The first kappa shape index (κ1) is 8.62. The first-order valence-corrected chi connectivity index (χ1v) is 3.53. The third-order valence-electron chi connectivity index (χ3n) is 1.45. The normalized spacial score (nSPS) is 12.1. The lowest BCUT2D eigenvalue weighted by Crippen LogP contribution is -1.94.